The Labute approximate surface area is 102 Å². The van der Waals surface area contributed by atoms with Crippen molar-refractivity contribution in [1.29, 1.82) is 0 Å². The number of hydrogen-bond acceptors (Lipinski definition) is 2. The highest BCUT2D eigenvalue weighted by Crippen LogP contribution is 2.08. The number of hydrogen-bond donors (Lipinski definition) is 1. The summed E-state index contributed by atoms with van der Waals surface area (Å²) in [6.45, 7) is 1.75. The molecular formula is C10H9Cl2NO3. The molecule has 6 heteroatoms. The van der Waals surface area contributed by atoms with Gasteiger partial charge >= 0.3 is 5.97 Å². The Morgan fingerprint density at radius 1 is 1.56 bits per heavy atom. The van der Waals surface area contributed by atoms with Gasteiger partial charge in [-0.25, -0.2) is 4.79 Å². The monoisotopic (exact) mass is 261 g/mol. The normalized spacial score (nSPS) is 11.6. The van der Waals surface area contributed by atoms with Crippen molar-refractivity contribution in [2.75, 3.05) is 0 Å². The number of halogens is 2. The summed E-state index contributed by atoms with van der Waals surface area (Å²) in [4.78, 5) is 22.5. The molecule has 1 heterocycles. The van der Waals surface area contributed by atoms with Crippen LogP contribution in [0.2, 0.25) is 0 Å². The minimum absolute atomic E-state index is 0.0663. The number of aryl methyl sites for hydroxylation is 1. The van der Waals surface area contributed by atoms with Crippen LogP contribution in [0.25, 0.3) is 0 Å². The predicted octanol–water partition coefficient (Wildman–Crippen LogP) is 2.17. The van der Waals surface area contributed by atoms with Crippen LogP contribution >= 0.6 is 23.2 Å². The van der Waals surface area contributed by atoms with Crippen LogP contribution in [0.15, 0.2) is 27.5 Å². The Morgan fingerprint density at radius 3 is 2.69 bits per heavy atom. The summed E-state index contributed by atoms with van der Waals surface area (Å²) in [5, 5.41) is 9.04. The molecule has 0 saturated carbocycles. The van der Waals surface area contributed by atoms with Crippen LogP contribution in [-0.4, -0.2) is 15.6 Å². The molecule has 16 heavy (non-hydrogen) atoms. The molecule has 0 amide bonds. The van der Waals surface area contributed by atoms with E-state index in [-0.39, 0.29) is 17.1 Å². The lowest BCUT2D eigenvalue weighted by molar-refractivity contribution is 0.0694. The van der Waals surface area contributed by atoms with E-state index in [0.717, 1.165) is 5.54 Å². The molecule has 1 aromatic heterocycles. The molecule has 0 atom stereocenters. The molecule has 1 rings (SSSR count). The molecular weight excluding hydrogens is 253 g/mol. The van der Waals surface area contributed by atoms with E-state index in [0.29, 0.717) is 5.69 Å². The van der Waals surface area contributed by atoms with Crippen LogP contribution in [0.3, 0.4) is 0 Å². The molecule has 0 spiro atoms. The average Bonchev–Trinajstić information content (AvgIpc) is 2.23. The van der Waals surface area contributed by atoms with Crippen molar-refractivity contribution < 1.29 is 9.90 Å². The Bertz CT molecular complexity index is 505. The lowest BCUT2D eigenvalue weighted by atomic mass is 10.2. The van der Waals surface area contributed by atoms with Gasteiger partial charge in [0.25, 0.3) is 5.56 Å². The smallest absolute Gasteiger partial charge is 0.341 e. The van der Waals surface area contributed by atoms with Crippen LogP contribution in [0.4, 0.5) is 0 Å². The zero-order valence-electron chi connectivity index (χ0n) is 8.41. The Hall–Kier alpha value is -1.26. The molecule has 86 valence electrons. The van der Waals surface area contributed by atoms with E-state index in [4.69, 9.17) is 28.3 Å². The lowest BCUT2D eigenvalue weighted by Crippen LogP contribution is -2.27. The summed E-state index contributed by atoms with van der Waals surface area (Å²) in [5.74, 6) is -1.26. The minimum atomic E-state index is -1.26. The first-order chi connectivity index (χ1) is 7.47. The van der Waals surface area contributed by atoms with Crippen molar-refractivity contribution in [3.63, 3.8) is 0 Å². The molecule has 0 bridgehead atoms. The maximum absolute atomic E-state index is 11.7. The quantitative estimate of drug-likeness (QED) is 0.908. The van der Waals surface area contributed by atoms with Gasteiger partial charge in [-0.3, -0.25) is 4.79 Å². The molecule has 0 aliphatic rings. The Morgan fingerprint density at radius 2 is 2.19 bits per heavy atom. The molecule has 0 fully saturated rings. The van der Waals surface area contributed by atoms with Gasteiger partial charge in [-0.1, -0.05) is 23.2 Å². The molecule has 0 aliphatic heterocycles. The van der Waals surface area contributed by atoms with E-state index in [1.54, 1.807) is 13.0 Å². The van der Waals surface area contributed by atoms with Crippen molar-refractivity contribution in [1.82, 2.24) is 4.57 Å². The van der Waals surface area contributed by atoms with Crippen LogP contribution in [0, 0.1) is 6.92 Å². The Balaban J connectivity index is 3.33. The SMILES string of the molecule is Cc1ccc(C(=O)O)c(=O)n1CC(Cl)=CCl. The van der Waals surface area contributed by atoms with Crippen LogP contribution < -0.4 is 5.56 Å². The van der Waals surface area contributed by atoms with Gasteiger partial charge in [0.15, 0.2) is 0 Å². The molecule has 4 nitrogen and oxygen atoms in total. The van der Waals surface area contributed by atoms with E-state index in [1.807, 2.05) is 0 Å². The number of nitrogens with zero attached hydrogens (tertiary/aromatic N) is 1. The predicted molar refractivity (Wildman–Crippen MR) is 62.2 cm³/mol. The fourth-order valence-electron chi connectivity index (χ4n) is 1.22. The zero-order chi connectivity index (χ0) is 12.3. The van der Waals surface area contributed by atoms with Crippen molar-refractivity contribution in [2.24, 2.45) is 0 Å². The number of carboxylic acid groups (broad SMARTS) is 1. The van der Waals surface area contributed by atoms with Gasteiger partial charge in [0.2, 0.25) is 0 Å². The fourth-order valence-corrected chi connectivity index (χ4v) is 1.40. The average molecular weight is 262 g/mol. The van der Waals surface area contributed by atoms with E-state index >= 15 is 0 Å². The molecule has 1 aromatic rings. The van der Waals surface area contributed by atoms with Gasteiger partial charge in [0.1, 0.15) is 5.56 Å². The Kier molecular flexibility index (Phi) is 4.15. The first-order valence-corrected chi connectivity index (χ1v) is 5.17. The van der Waals surface area contributed by atoms with E-state index in [2.05, 4.69) is 0 Å². The highest BCUT2D eigenvalue weighted by atomic mass is 35.5. The largest absolute Gasteiger partial charge is 0.477 e. The number of carboxylic acids is 1. The second-order valence-electron chi connectivity index (χ2n) is 3.14. The van der Waals surface area contributed by atoms with Crippen LogP contribution in [-0.2, 0) is 6.54 Å². The third-order valence-corrected chi connectivity index (χ3v) is 2.65. The minimum Gasteiger partial charge on any atom is -0.477 e. The maximum atomic E-state index is 11.7. The number of aromatic carboxylic acids is 1. The highest BCUT2D eigenvalue weighted by Gasteiger charge is 2.12. The van der Waals surface area contributed by atoms with Gasteiger partial charge in [0, 0.05) is 16.3 Å². The molecule has 0 radical (unpaired) electrons. The van der Waals surface area contributed by atoms with Crippen molar-refractivity contribution in [3.05, 3.63) is 44.3 Å². The standard InChI is InChI=1S/C10H9Cl2NO3/c1-6-2-3-8(10(15)16)9(14)13(6)5-7(12)4-11/h2-4H,5H2,1H3,(H,15,16). The third-order valence-electron chi connectivity index (χ3n) is 2.05. The zero-order valence-corrected chi connectivity index (χ0v) is 9.92. The van der Waals surface area contributed by atoms with Gasteiger partial charge in [-0.2, -0.15) is 0 Å². The number of pyridine rings is 1. The van der Waals surface area contributed by atoms with Crippen molar-refractivity contribution >= 4 is 29.2 Å². The summed E-state index contributed by atoms with van der Waals surface area (Å²) >= 11 is 11.1. The van der Waals surface area contributed by atoms with Gasteiger partial charge in [0.05, 0.1) is 6.54 Å². The first-order valence-electron chi connectivity index (χ1n) is 4.36. The molecule has 0 aromatic carbocycles. The number of aromatic nitrogens is 1. The maximum Gasteiger partial charge on any atom is 0.341 e. The summed E-state index contributed by atoms with van der Waals surface area (Å²) in [5.41, 5.74) is 0.876. The third kappa shape index (κ3) is 2.65. The van der Waals surface area contributed by atoms with Gasteiger partial charge in [-0.15, -0.1) is 0 Å². The van der Waals surface area contributed by atoms with Crippen LogP contribution in [0.5, 0.6) is 0 Å². The second kappa shape index (κ2) is 5.18. The molecule has 1 N–H and O–H groups in total. The summed E-state index contributed by atoms with van der Waals surface area (Å²) in [6, 6.07) is 2.82. The topological polar surface area (TPSA) is 59.3 Å². The first kappa shape index (κ1) is 12.8. The molecule has 0 saturated heterocycles. The number of allylic oxidation sites excluding steroid dienone is 1. The summed E-state index contributed by atoms with van der Waals surface area (Å²) < 4.78 is 1.25. The number of carbonyl (C=O) groups is 1. The van der Waals surface area contributed by atoms with Gasteiger partial charge in [-0.05, 0) is 19.1 Å². The second-order valence-corrected chi connectivity index (χ2v) is 3.84. The van der Waals surface area contributed by atoms with E-state index < -0.39 is 11.5 Å². The molecule has 0 aliphatic carbocycles. The van der Waals surface area contributed by atoms with Gasteiger partial charge < -0.3 is 9.67 Å². The van der Waals surface area contributed by atoms with Crippen molar-refractivity contribution in [3.8, 4) is 0 Å². The lowest BCUT2D eigenvalue weighted by Gasteiger charge is -2.09. The number of rotatable bonds is 3. The van der Waals surface area contributed by atoms with E-state index in [1.165, 1.54) is 10.6 Å². The highest BCUT2D eigenvalue weighted by molar-refractivity contribution is 6.36. The fraction of sp³-hybridized carbons (Fsp3) is 0.200. The van der Waals surface area contributed by atoms with E-state index in [9.17, 15) is 9.59 Å². The van der Waals surface area contributed by atoms with Crippen molar-refractivity contribution in [2.45, 2.75) is 13.5 Å². The summed E-state index contributed by atoms with van der Waals surface area (Å²) in [7, 11) is 0. The van der Waals surface area contributed by atoms with Crippen LogP contribution in [0.1, 0.15) is 16.1 Å². The molecule has 0 unspecified atom stereocenters. The summed E-state index contributed by atoms with van der Waals surface area (Å²) in [6.07, 6.45) is 0.